The Kier molecular flexibility index (Phi) is 6.70. The molecule has 146 valence electrons. The number of aromatic nitrogens is 2. The molecule has 0 spiro atoms. The summed E-state index contributed by atoms with van der Waals surface area (Å²) in [6.07, 6.45) is 0.930. The quantitative estimate of drug-likeness (QED) is 0.737. The Morgan fingerprint density at radius 2 is 1.78 bits per heavy atom. The first-order valence-electron chi connectivity index (χ1n) is 9.30. The van der Waals surface area contributed by atoms with Crippen molar-refractivity contribution in [2.45, 2.75) is 26.3 Å². The zero-order valence-corrected chi connectivity index (χ0v) is 16.6. The van der Waals surface area contributed by atoms with Gasteiger partial charge in [-0.1, -0.05) is 13.0 Å². The van der Waals surface area contributed by atoms with E-state index in [1.165, 1.54) is 0 Å². The predicted octanol–water partition coefficient (Wildman–Crippen LogP) is 1.16. The Morgan fingerprint density at radius 1 is 1.11 bits per heavy atom. The zero-order valence-electron chi connectivity index (χ0n) is 15.8. The van der Waals surface area contributed by atoms with Crippen LogP contribution >= 0.6 is 11.7 Å². The van der Waals surface area contributed by atoms with Gasteiger partial charge in [0, 0.05) is 32.2 Å². The Hall–Kier alpha value is -2.10. The molecule has 1 aromatic carbocycles. The number of nitrogens with zero attached hydrogens (tertiary/aromatic N) is 4. The molecule has 0 saturated carbocycles. The van der Waals surface area contributed by atoms with E-state index in [1.807, 2.05) is 25.1 Å². The monoisotopic (exact) mass is 390 g/mol. The van der Waals surface area contributed by atoms with E-state index in [9.17, 15) is 9.59 Å². The molecule has 2 heterocycles. The van der Waals surface area contributed by atoms with Gasteiger partial charge in [-0.25, -0.2) is 0 Å². The summed E-state index contributed by atoms with van der Waals surface area (Å²) in [6, 6.07) is 5.79. The van der Waals surface area contributed by atoms with Crippen LogP contribution in [0.1, 0.15) is 20.3 Å². The number of carbonyl (C=O) groups is 2. The van der Waals surface area contributed by atoms with Crippen molar-refractivity contribution in [2.24, 2.45) is 0 Å². The van der Waals surface area contributed by atoms with Gasteiger partial charge < -0.3 is 10.6 Å². The molecule has 2 aromatic rings. The van der Waals surface area contributed by atoms with Gasteiger partial charge in [-0.2, -0.15) is 8.75 Å². The van der Waals surface area contributed by atoms with Crippen LogP contribution in [0, 0.1) is 0 Å². The van der Waals surface area contributed by atoms with Crippen molar-refractivity contribution in [3.05, 3.63) is 18.2 Å². The molecular formula is C18H26N6O2S. The van der Waals surface area contributed by atoms with E-state index < -0.39 is 0 Å². The van der Waals surface area contributed by atoms with E-state index in [1.54, 1.807) is 0 Å². The van der Waals surface area contributed by atoms with Gasteiger partial charge in [0.2, 0.25) is 11.8 Å². The Labute approximate surface area is 163 Å². The molecule has 0 bridgehead atoms. The highest BCUT2D eigenvalue weighted by molar-refractivity contribution is 7.00. The maximum absolute atomic E-state index is 12.4. The Bertz CT molecular complexity index is 787. The first-order chi connectivity index (χ1) is 13.0. The molecular weight excluding hydrogens is 364 g/mol. The van der Waals surface area contributed by atoms with E-state index in [2.05, 4.69) is 36.1 Å². The summed E-state index contributed by atoms with van der Waals surface area (Å²) in [5.41, 5.74) is 2.22. The largest absolute Gasteiger partial charge is 0.353 e. The summed E-state index contributed by atoms with van der Waals surface area (Å²) in [5.74, 6) is 0.0129. The van der Waals surface area contributed by atoms with Crippen LogP contribution in [0.2, 0.25) is 0 Å². The van der Waals surface area contributed by atoms with E-state index in [4.69, 9.17) is 0 Å². The van der Waals surface area contributed by atoms with Gasteiger partial charge in [0.05, 0.1) is 30.5 Å². The molecule has 0 aliphatic carbocycles. The molecule has 2 N–H and O–H groups in total. The molecule has 0 unspecified atom stereocenters. The standard InChI is InChI=1S/C18H26N6O2S/c1-3-13(2)19-16(25)11-23-7-9-24(10-8-23)12-17(26)20-14-5-4-6-15-18(14)22-27-21-15/h4-6,13H,3,7-12H2,1-2H3,(H,19,25)(H,20,26)/t13-/m0/s1. The first kappa shape index (κ1) is 19.7. The summed E-state index contributed by atoms with van der Waals surface area (Å²) >= 11 is 1.14. The number of hydrogen-bond acceptors (Lipinski definition) is 7. The minimum absolute atomic E-state index is 0.0570. The average Bonchev–Trinajstić information content (AvgIpc) is 3.13. The van der Waals surface area contributed by atoms with Gasteiger partial charge in [-0.3, -0.25) is 19.4 Å². The van der Waals surface area contributed by atoms with Crippen molar-refractivity contribution in [1.82, 2.24) is 23.9 Å². The molecule has 0 radical (unpaired) electrons. The lowest BCUT2D eigenvalue weighted by molar-refractivity contribution is -0.124. The molecule has 1 aliphatic heterocycles. The van der Waals surface area contributed by atoms with Crippen LogP contribution in [-0.2, 0) is 9.59 Å². The summed E-state index contributed by atoms with van der Waals surface area (Å²) in [6.45, 7) is 7.93. The molecule has 1 fully saturated rings. The third kappa shape index (κ3) is 5.44. The number of amides is 2. The molecule has 8 nitrogen and oxygen atoms in total. The van der Waals surface area contributed by atoms with Gasteiger partial charge in [-0.05, 0) is 25.5 Å². The molecule has 1 atom stereocenters. The minimum Gasteiger partial charge on any atom is -0.353 e. The molecule has 9 heteroatoms. The highest BCUT2D eigenvalue weighted by Gasteiger charge is 2.21. The maximum Gasteiger partial charge on any atom is 0.238 e. The zero-order chi connectivity index (χ0) is 19.2. The number of benzene rings is 1. The van der Waals surface area contributed by atoms with E-state index in [-0.39, 0.29) is 17.9 Å². The van der Waals surface area contributed by atoms with Crippen LogP contribution < -0.4 is 10.6 Å². The predicted molar refractivity (Wildman–Crippen MR) is 107 cm³/mol. The topological polar surface area (TPSA) is 90.5 Å². The van der Waals surface area contributed by atoms with Gasteiger partial charge in [0.1, 0.15) is 11.0 Å². The van der Waals surface area contributed by atoms with Crippen LogP contribution in [0.5, 0.6) is 0 Å². The third-order valence-electron chi connectivity index (χ3n) is 4.78. The highest BCUT2D eigenvalue weighted by atomic mass is 32.1. The van der Waals surface area contributed by atoms with Crippen molar-refractivity contribution in [3.63, 3.8) is 0 Å². The molecule has 27 heavy (non-hydrogen) atoms. The molecule has 3 rings (SSSR count). The SMILES string of the molecule is CC[C@H](C)NC(=O)CN1CCN(CC(=O)Nc2cccc3nsnc23)CC1. The number of hydrogen-bond donors (Lipinski definition) is 2. The summed E-state index contributed by atoms with van der Waals surface area (Å²) < 4.78 is 8.43. The number of nitrogens with one attached hydrogen (secondary N) is 2. The second-order valence-electron chi connectivity index (χ2n) is 6.91. The second-order valence-corrected chi connectivity index (χ2v) is 7.44. The minimum atomic E-state index is -0.0570. The van der Waals surface area contributed by atoms with Crippen molar-refractivity contribution in [1.29, 1.82) is 0 Å². The van der Waals surface area contributed by atoms with E-state index in [0.717, 1.165) is 55.4 Å². The molecule has 1 aromatic heterocycles. The van der Waals surface area contributed by atoms with Gasteiger partial charge in [-0.15, -0.1) is 0 Å². The van der Waals surface area contributed by atoms with Gasteiger partial charge in [0.15, 0.2) is 0 Å². The summed E-state index contributed by atoms with van der Waals surface area (Å²) in [5, 5.41) is 5.93. The molecule has 1 aliphatic rings. The van der Waals surface area contributed by atoms with Crippen LogP contribution in [0.15, 0.2) is 18.2 Å². The van der Waals surface area contributed by atoms with Crippen molar-refractivity contribution >= 4 is 40.3 Å². The van der Waals surface area contributed by atoms with Crippen molar-refractivity contribution in [3.8, 4) is 0 Å². The fraction of sp³-hybridized carbons (Fsp3) is 0.556. The van der Waals surface area contributed by atoms with Crippen LogP contribution in [0.3, 0.4) is 0 Å². The number of anilines is 1. The van der Waals surface area contributed by atoms with Crippen molar-refractivity contribution < 1.29 is 9.59 Å². The first-order valence-corrected chi connectivity index (χ1v) is 10.0. The Balaban J connectivity index is 1.43. The highest BCUT2D eigenvalue weighted by Crippen LogP contribution is 2.21. The normalized spacial score (nSPS) is 17.0. The number of fused-ring (bicyclic) bond motifs is 1. The maximum atomic E-state index is 12.4. The smallest absolute Gasteiger partial charge is 0.238 e. The van der Waals surface area contributed by atoms with Crippen molar-refractivity contribution in [2.75, 3.05) is 44.6 Å². The van der Waals surface area contributed by atoms with Crippen LogP contribution in [0.25, 0.3) is 11.0 Å². The van der Waals surface area contributed by atoms with Crippen LogP contribution in [0.4, 0.5) is 5.69 Å². The molecule has 1 saturated heterocycles. The van der Waals surface area contributed by atoms with E-state index >= 15 is 0 Å². The fourth-order valence-electron chi connectivity index (χ4n) is 3.03. The molecule has 2 amide bonds. The van der Waals surface area contributed by atoms with Gasteiger partial charge >= 0.3 is 0 Å². The summed E-state index contributed by atoms with van der Waals surface area (Å²) in [4.78, 5) is 28.6. The van der Waals surface area contributed by atoms with E-state index in [0.29, 0.717) is 18.8 Å². The lowest BCUT2D eigenvalue weighted by Crippen LogP contribution is -2.51. The fourth-order valence-corrected chi connectivity index (χ4v) is 3.58. The average molecular weight is 391 g/mol. The lowest BCUT2D eigenvalue weighted by Gasteiger charge is -2.34. The van der Waals surface area contributed by atoms with Crippen LogP contribution in [-0.4, -0.2) is 75.7 Å². The second kappa shape index (κ2) is 9.20. The summed E-state index contributed by atoms with van der Waals surface area (Å²) in [7, 11) is 0. The number of carbonyl (C=O) groups excluding carboxylic acids is 2. The number of rotatable bonds is 7. The number of piperazine rings is 1. The van der Waals surface area contributed by atoms with Gasteiger partial charge in [0.25, 0.3) is 0 Å². The lowest BCUT2D eigenvalue weighted by atomic mass is 10.2. The Morgan fingerprint density at radius 3 is 2.44 bits per heavy atom. The third-order valence-corrected chi connectivity index (χ3v) is 5.32.